The van der Waals surface area contributed by atoms with E-state index in [9.17, 15) is 14.7 Å². The van der Waals surface area contributed by atoms with Gasteiger partial charge in [-0.25, -0.2) is 0 Å². The molecule has 0 aromatic heterocycles. The number of rotatable bonds is 5. The van der Waals surface area contributed by atoms with Crippen molar-refractivity contribution in [3.8, 4) is 0 Å². The van der Waals surface area contributed by atoms with Crippen molar-refractivity contribution in [2.75, 3.05) is 18.6 Å². The summed E-state index contributed by atoms with van der Waals surface area (Å²) in [6.07, 6.45) is 0.234. The molecular formula is C19H19NO4. The Balaban J connectivity index is 1.81. The molecule has 5 heteroatoms. The fourth-order valence-corrected chi connectivity index (χ4v) is 3.12. The number of anilines is 1. The van der Waals surface area contributed by atoms with Crippen LogP contribution in [0.15, 0.2) is 48.5 Å². The van der Waals surface area contributed by atoms with Gasteiger partial charge in [-0.3, -0.25) is 9.59 Å². The van der Waals surface area contributed by atoms with Crippen molar-refractivity contribution < 1.29 is 19.4 Å². The molecule has 2 aromatic rings. The second-order valence-electron chi connectivity index (χ2n) is 5.88. The van der Waals surface area contributed by atoms with Gasteiger partial charge in [0, 0.05) is 19.3 Å². The van der Waals surface area contributed by atoms with Crippen molar-refractivity contribution in [2.24, 2.45) is 0 Å². The van der Waals surface area contributed by atoms with Crippen LogP contribution in [0.2, 0.25) is 0 Å². The molecule has 1 N–H and O–H groups in total. The van der Waals surface area contributed by atoms with E-state index in [2.05, 4.69) is 0 Å². The maximum atomic E-state index is 12.7. The van der Waals surface area contributed by atoms with Crippen LogP contribution in [-0.2, 0) is 27.4 Å². The number of carboxylic acids is 1. The number of methoxy groups -OCH3 is 1. The molecule has 0 saturated carbocycles. The molecule has 0 radical (unpaired) electrons. The summed E-state index contributed by atoms with van der Waals surface area (Å²) in [6.45, 7) is 0.681. The largest absolute Gasteiger partial charge is 0.481 e. The molecule has 1 heterocycles. The monoisotopic (exact) mass is 325 g/mol. The maximum Gasteiger partial charge on any atom is 0.312 e. The van der Waals surface area contributed by atoms with E-state index in [0.717, 1.165) is 11.1 Å². The van der Waals surface area contributed by atoms with E-state index in [4.69, 9.17) is 4.74 Å². The second-order valence-corrected chi connectivity index (χ2v) is 5.88. The Labute approximate surface area is 140 Å². The molecule has 0 unspecified atom stereocenters. The smallest absolute Gasteiger partial charge is 0.312 e. The van der Waals surface area contributed by atoms with Gasteiger partial charge < -0.3 is 14.7 Å². The van der Waals surface area contributed by atoms with E-state index >= 15 is 0 Å². The van der Waals surface area contributed by atoms with Gasteiger partial charge in [-0.2, -0.15) is 0 Å². The number of hydrogen-bond donors (Lipinski definition) is 1. The second kappa shape index (κ2) is 6.84. The molecule has 0 aliphatic carbocycles. The molecular weight excluding hydrogens is 306 g/mol. The highest BCUT2D eigenvalue weighted by molar-refractivity contribution is 5.99. The van der Waals surface area contributed by atoms with Crippen LogP contribution >= 0.6 is 0 Å². The number of carbonyl (C=O) groups is 2. The predicted molar refractivity (Wildman–Crippen MR) is 90.0 cm³/mol. The number of hydrogen-bond acceptors (Lipinski definition) is 3. The lowest BCUT2D eigenvalue weighted by Crippen LogP contribution is -2.32. The first-order valence-electron chi connectivity index (χ1n) is 7.79. The van der Waals surface area contributed by atoms with Crippen molar-refractivity contribution in [1.82, 2.24) is 0 Å². The SMILES string of the molecule is COCc1cccc(CC(=O)N2C[C@@H](C(=O)O)c3ccccc32)c1. The summed E-state index contributed by atoms with van der Waals surface area (Å²) in [5.41, 5.74) is 3.30. The molecule has 124 valence electrons. The van der Waals surface area contributed by atoms with Crippen molar-refractivity contribution in [1.29, 1.82) is 0 Å². The molecule has 0 saturated heterocycles. The first kappa shape index (κ1) is 16.2. The summed E-state index contributed by atoms with van der Waals surface area (Å²) >= 11 is 0. The van der Waals surface area contributed by atoms with Gasteiger partial charge in [-0.15, -0.1) is 0 Å². The Hall–Kier alpha value is -2.66. The molecule has 3 rings (SSSR count). The number of nitrogens with zero attached hydrogens (tertiary/aromatic N) is 1. The molecule has 0 bridgehead atoms. The molecule has 0 spiro atoms. The normalized spacial score (nSPS) is 16.0. The van der Waals surface area contributed by atoms with Crippen LogP contribution in [0.3, 0.4) is 0 Å². The average Bonchev–Trinajstić information content (AvgIpc) is 2.95. The molecule has 5 nitrogen and oxygen atoms in total. The number of ether oxygens (including phenoxy) is 1. The molecule has 1 aliphatic rings. The van der Waals surface area contributed by atoms with Crippen LogP contribution in [0, 0.1) is 0 Å². The highest BCUT2D eigenvalue weighted by atomic mass is 16.5. The highest BCUT2D eigenvalue weighted by Gasteiger charge is 2.36. The van der Waals surface area contributed by atoms with Crippen LogP contribution in [0.5, 0.6) is 0 Å². The Morgan fingerprint density at radius 1 is 1.17 bits per heavy atom. The third-order valence-electron chi connectivity index (χ3n) is 4.23. The minimum absolute atomic E-state index is 0.0965. The summed E-state index contributed by atoms with van der Waals surface area (Å²) in [6, 6.07) is 14.9. The van der Waals surface area contributed by atoms with Crippen LogP contribution in [0.4, 0.5) is 5.69 Å². The Morgan fingerprint density at radius 3 is 2.67 bits per heavy atom. The van der Waals surface area contributed by atoms with Crippen LogP contribution in [0.25, 0.3) is 0 Å². The van der Waals surface area contributed by atoms with Crippen LogP contribution in [-0.4, -0.2) is 30.6 Å². The molecule has 2 aromatic carbocycles. The average molecular weight is 325 g/mol. The standard InChI is InChI=1S/C19H19NO4/c1-24-12-14-6-4-5-13(9-14)10-18(21)20-11-16(19(22)23)15-7-2-3-8-17(15)20/h2-9,16H,10-12H2,1H3,(H,22,23)/t16-/m1/s1. The Bertz CT molecular complexity index is 771. The fourth-order valence-electron chi connectivity index (χ4n) is 3.12. The summed E-state index contributed by atoms with van der Waals surface area (Å²) in [5, 5.41) is 9.39. The topological polar surface area (TPSA) is 66.8 Å². The number of carbonyl (C=O) groups excluding carboxylic acids is 1. The first-order chi connectivity index (χ1) is 11.6. The number of fused-ring (bicyclic) bond motifs is 1. The lowest BCUT2D eigenvalue weighted by atomic mass is 10.0. The number of benzene rings is 2. The molecule has 1 atom stereocenters. The molecule has 1 aliphatic heterocycles. The summed E-state index contributed by atoms with van der Waals surface area (Å²) in [7, 11) is 1.63. The quantitative estimate of drug-likeness (QED) is 0.917. The van der Waals surface area contributed by atoms with E-state index in [0.29, 0.717) is 17.9 Å². The van der Waals surface area contributed by atoms with E-state index in [1.807, 2.05) is 30.3 Å². The number of aliphatic carboxylic acids is 1. The van der Waals surface area contributed by atoms with Gasteiger partial charge in [0.25, 0.3) is 0 Å². The summed E-state index contributed by atoms with van der Waals surface area (Å²) < 4.78 is 5.11. The number of carboxylic acid groups (broad SMARTS) is 1. The van der Waals surface area contributed by atoms with Crippen molar-refractivity contribution in [3.63, 3.8) is 0 Å². The van der Waals surface area contributed by atoms with Crippen molar-refractivity contribution in [3.05, 3.63) is 65.2 Å². The minimum Gasteiger partial charge on any atom is -0.481 e. The van der Waals surface area contributed by atoms with E-state index in [1.54, 1.807) is 30.2 Å². The molecule has 0 fully saturated rings. The lowest BCUT2D eigenvalue weighted by molar-refractivity contribution is -0.138. The van der Waals surface area contributed by atoms with Gasteiger partial charge in [0.2, 0.25) is 5.91 Å². The third kappa shape index (κ3) is 3.16. The lowest BCUT2D eigenvalue weighted by Gasteiger charge is -2.17. The van der Waals surface area contributed by atoms with Crippen molar-refractivity contribution >= 4 is 17.6 Å². The molecule has 24 heavy (non-hydrogen) atoms. The van der Waals surface area contributed by atoms with Crippen LogP contribution in [0.1, 0.15) is 22.6 Å². The van der Waals surface area contributed by atoms with Crippen molar-refractivity contribution in [2.45, 2.75) is 18.9 Å². The number of para-hydroxylation sites is 1. The first-order valence-corrected chi connectivity index (χ1v) is 7.79. The summed E-state index contributed by atoms with van der Waals surface area (Å²) in [4.78, 5) is 25.8. The molecule has 1 amide bonds. The van der Waals surface area contributed by atoms with Crippen LogP contribution < -0.4 is 4.90 Å². The third-order valence-corrected chi connectivity index (χ3v) is 4.23. The van der Waals surface area contributed by atoms with E-state index in [1.165, 1.54) is 0 Å². The van der Waals surface area contributed by atoms with Gasteiger partial charge in [0.05, 0.1) is 13.0 Å². The predicted octanol–water partition coefficient (Wildman–Crippen LogP) is 2.59. The van der Waals surface area contributed by atoms with E-state index in [-0.39, 0.29) is 18.9 Å². The van der Waals surface area contributed by atoms with Gasteiger partial charge in [0.15, 0.2) is 0 Å². The zero-order valence-electron chi connectivity index (χ0n) is 13.4. The minimum atomic E-state index is -0.903. The zero-order valence-corrected chi connectivity index (χ0v) is 13.4. The number of amides is 1. The fraction of sp³-hybridized carbons (Fsp3) is 0.263. The van der Waals surface area contributed by atoms with Gasteiger partial charge >= 0.3 is 5.97 Å². The van der Waals surface area contributed by atoms with Gasteiger partial charge in [-0.05, 0) is 22.8 Å². The zero-order chi connectivity index (χ0) is 17.1. The Kier molecular flexibility index (Phi) is 4.62. The van der Waals surface area contributed by atoms with Gasteiger partial charge in [0.1, 0.15) is 5.92 Å². The summed E-state index contributed by atoms with van der Waals surface area (Å²) in [5.74, 6) is -1.66. The Morgan fingerprint density at radius 2 is 1.92 bits per heavy atom. The highest BCUT2D eigenvalue weighted by Crippen LogP contribution is 2.36. The maximum absolute atomic E-state index is 12.7. The van der Waals surface area contributed by atoms with Gasteiger partial charge in [-0.1, -0.05) is 42.5 Å². The van der Waals surface area contributed by atoms with E-state index < -0.39 is 11.9 Å².